The summed E-state index contributed by atoms with van der Waals surface area (Å²) >= 11 is 5.41. The molecule has 1 rings (SSSR count). The smallest absolute Gasteiger partial charge is 0.481 e. The monoisotopic (exact) mass is 285 g/mol. The maximum Gasteiger partial charge on any atom is 0.573 e. The second-order valence-corrected chi connectivity index (χ2v) is 3.24. The summed E-state index contributed by atoms with van der Waals surface area (Å²) in [5, 5.41) is 8.83. The quantitative estimate of drug-likeness (QED) is 0.861. The maximum atomic E-state index is 12.2. The van der Waals surface area contributed by atoms with E-state index in [0.29, 0.717) is 0 Å². The minimum atomic E-state index is -5.04. The van der Waals surface area contributed by atoms with E-state index in [2.05, 4.69) is 14.5 Å². The van der Waals surface area contributed by atoms with Gasteiger partial charge in [0.05, 0.1) is 13.0 Å². The number of alkyl halides is 4. The number of halogens is 4. The lowest BCUT2D eigenvalue weighted by atomic mass is 10.2. The van der Waals surface area contributed by atoms with Crippen molar-refractivity contribution < 1.29 is 32.5 Å². The normalized spacial score (nSPS) is 11.2. The van der Waals surface area contributed by atoms with Gasteiger partial charge in [0.15, 0.2) is 5.75 Å². The summed E-state index contributed by atoms with van der Waals surface area (Å²) in [7, 11) is 1.19. The number of hydrogen-bond acceptors (Lipinski definition) is 4. The number of carboxylic acid groups (broad SMARTS) is 1. The molecule has 0 aliphatic rings. The SMILES string of the molecule is COc1cc(C(=O)O)c(OC(F)(F)F)c(CCl)n1. The third kappa shape index (κ3) is 3.39. The van der Waals surface area contributed by atoms with Crippen molar-refractivity contribution in [2.75, 3.05) is 7.11 Å². The van der Waals surface area contributed by atoms with Crippen molar-refractivity contribution in [3.8, 4) is 11.6 Å². The van der Waals surface area contributed by atoms with Gasteiger partial charge in [0, 0.05) is 6.07 Å². The number of hydrogen-bond donors (Lipinski definition) is 1. The van der Waals surface area contributed by atoms with Crippen LogP contribution in [0.4, 0.5) is 13.2 Å². The molecule has 9 heteroatoms. The van der Waals surface area contributed by atoms with E-state index in [1.807, 2.05) is 0 Å². The zero-order valence-electron chi connectivity index (χ0n) is 8.92. The summed E-state index contributed by atoms with van der Waals surface area (Å²) < 4.78 is 44.8. The standard InChI is InChI=1S/C9H7ClF3NO4/c1-17-6-2-4(8(15)16)7(5(3-10)14-6)18-9(11,12)13/h2H,3H2,1H3,(H,15,16). The fourth-order valence-corrected chi connectivity index (χ4v) is 1.33. The van der Waals surface area contributed by atoms with Crippen molar-refractivity contribution in [3.63, 3.8) is 0 Å². The first-order valence-electron chi connectivity index (χ1n) is 4.41. The molecular formula is C9H7ClF3NO4. The molecule has 0 saturated heterocycles. The Morgan fingerprint density at radius 1 is 1.56 bits per heavy atom. The van der Waals surface area contributed by atoms with E-state index in [0.717, 1.165) is 6.07 Å². The van der Waals surface area contributed by atoms with Gasteiger partial charge in [0.1, 0.15) is 11.3 Å². The zero-order valence-corrected chi connectivity index (χ0v) is 9.67. The lowest BCUT2D eigenvalue weighted by molar-refractivity contribution is -0.275. The number of rotatable bonds is 4. The van der Waals surface area contributed by atoms with Crippen LogP contribution in [-0.2, 0) is 5.88 Å². The highest BCUT2D eigenvalue weighted by Gasteiger charge is 2.35. The molecule has 0 saturated carbocycles. The number of ether oxygens (including phenoxy) is 2. The first-order valence-corrected chi connectivity index (χ1v) is 4.95. The number of aromatic nitrogens is 1. The van der Waals surface area contributed by atoms with Crippen LogP contribution in [0.15, 0.2) is 6.07 Å². The minimum Gasteiger partial charge on any atom is -0.481 e. The Morgan fingerprint density at radius 2 is 2.17 bits per heavy atom. The van der Waals surface area contributed by atoms with E-state index in [1.54, 1.807) is 0 Å². The minimum absolute atomic E-state index is 0.169. The average molecular weight is 286 g/mol. The summed E-state index contributed by atoms with van der Waals surface area (Å²) in [6.45, 7) is 0. The lowest BCUT2D eigenvalue weighted by Gasteiger charge is -2.14. The molecule has 0 radical (unpaired) electrons. The van der Waals surface area contributed by atoms with E-state index in [9.17, 15) is 18.0 Å². The molecule has 0 aromatic carbocycles. The molecule has 0 fully saturated rings. The highest BCUT2D eigenvalue weighted by atomic mass is 35.5. The van der Waals surface area contributed by atoms with Gasteiger partial charge in [0.25, 0.3) is 0 Å². The molecule has 0 bridgehead atoms. The van der Waals surface area contributed by atoms with Gasteiger partial charge in [-0.15, -0.1) is 24.8 Å². The third-order valence-corrected chi connectivity index (χ3v) is 2.06. The van der Waals surface area contributed by atoms with Crippen LogP contribution < -0.4 is 9.47 Å². The van der Waals surface area contributed by atoms with Crippen LogP contribution in [0, 0.1) is 0 Å². The molecule has 0 unspecified atom stereocenters. The first-order chi connectivity index (χ1) is 8.28. The maximum absolute atomic E-state index is 12.2. The molecule has 0 aliphatic heterocycles. The lowest BCUT2D eigenvalue weighted by Crippen LogP contribution is -2.20. The van der Waals surface area contributed by atoms with Crippen LogP contribution in [0.25, 0.3) is 0 Å². The van der Waals surface area contributed by atoms with Crippen molar-refractivity contribution in [2.45, 2.75) is 12.2 Å². The number of carbonyl (C=O) groups is 1. The summed E-state index contributed by atoms with van der Waals surface area (Å²) in [6.07, 6.45) is -5.04. The Labute approximate surface area is 104 Å². The van der Waals surface area contributed by atoms with Crippen molar-refractivity contribution >= 4 is 17.6 Å². The predicted octanol–water partition coefficient (Wildman–Crippen LogP) is 2.43. The molecule has 18 heavy (non-hydrogen) atoms. The van der Waals surface area contributed by atoms with Crippen LogP contribution >= 0.6 is 11.6 Å². The van der Waals surface area contributed by atoms with Crippen LogP contribution in [0.1, 0.15) is 16.1 Å². The van der Waals surface area contributed by atoms with Crippen molar-refractivity contribution in [1.29, 1.82) is 0 Å². The Morgan fingerprint density at radius 3 is 2.56 bits per heavy atom. The van der Waals surface area contributed by atoms with E-state index in [-0.39, 0.29) is 11.6 Å². The van der Waals surface area contributed by atoms with Crippen molar-refractivity contribution in [3.05, 3.63) is 17.3 Å². The number of nitrogens with zero attached hydrogens (tertiary/aromatic N) is 1. The van der Waals surface area contributed by atoms with E-state index in [1.165, 1.54) is 7.11 Å². The number of pyridine rings is 1. The first kappa shape index (κ1) is 14.4. The van der Waals surface area contributed by atoms with Gasteiger partial charge in [-0.2, -0.15) is 0 Å². The summed E-state index contributed by atoms with van der Waals surface area (Å²) in [4.78, 5) is 14.5. The fraction of sp³-hybridized carbons (Fsp3) is 0.333. The van der Waals surface area contributed by atoms with E-state index >= 15 is 0 Å². The molecule has 0 amide bonds. The van der Waals surface area contributed by atoms with Crippen molar-refractivity contribution in [1.82, 2.24) is 4.98 Å². The number of methoxy groups -OCH3 is 1. The Bertz CT molecular complexity index is 464. The second kappa shape index (κ2) is 5.30. The second-order valence-electron chi connectivity index (χ2n) is 2.97. The Balaban J connectivity index is 3.39. The number of aromatic carboxylic acids is 1. The summed E-state index contributed by atoms with van der Waals surface area (Å²) in [6, 6.07) is 0.819. The van der Waals surface area contributed by atoms with Gasteiger partial charge in [-0.05, 0) is 0 Å². The molecule has 0 atom stereocenters. The van der Waals surface area contributed by atoms with Gasteiger partial charge >= 0.3 is 12.3 Å². The van der Waals surface area contributed by atoms with Crippen LogP contribution in [0.2, 0.25) is 0 Å². The average Bonchev–Trinajstić information content (AvgIpc) is 2.26. The summed E-state index contributed by atoms with van der Waals surface area (Å²) in [5.74, 6) is -3.17. The van der Waals surface area contributed by atoms with E-state index < -0.39 is 29.5 Å². The molecule has 100 valence electrons. The molecule has 1 heterocycles. The Kier molecular flexibility index (Phi) is 4.23. The van der Waals surface area contributed by atoms with Crippen LogP contribution in [0.3, 0.4) is 0 Å². The van der Waals surface area contributed by atoms with E-state index in [4.69, 9.17) is 16.7 Å². The molecule has 5 nitrogen and oxygen atoms in total. The fourth-order valence-electron chi connectivity index (χ4n) is 1.14. The van der Waals surface area contributed by atoms with Gasteiger partial charge in [-0.25, -0.2) is 9.78 Å². The Hall–Kier alpha value is -1.70. The highest BCUT2D eigenvalue weighted by molar-refractivity contribution is 6.17. The molecule has 1 aromatic rings. The molecule has 0 spiro atoms. The number of carboxylic acids is 1. The highest BCUT2D eigenvalue weighted by Crippen LogP contribution is 2.32. The van der Waals surface area contributed by atoms with Crippen LogP contribution in [0.5, 0.6) is 11.6 Å². The van der Waals surface area contributed by atoms with Crippen molar-refractivity contribution in [2.24, 2.45) is 0 Å². The van der Waals surface area contributed by atoms with Crippen LogP contribution in [-0.4, -0.2) is 29.5 Å². The zero-order chi connectivity index (χ0) is 13.9. The largest absolute Gasteiger partial charge is 0.573 e. The van der Waals surface area contributed by atoms with Gasteiger partial charge in [-0.3, -0.25) is 0 Å². The predicted molar refractivity (Wildman–Crippen MR) is 54.0 cm³/mol. The third-order valence-electron chi connectivity index (χ3n) is 1.80. The van der Waals surface area contributed by atoms with Gasteiger partial charge < -0.3 is 14.6 Å². The molecular weight excluding hydrogens is 279 g/mol. The molecule has 1 aromatic heterocycles. The molecule has 1 N–H and O–H groups in total. The molecule has 0 aliphatic carbocycles. The van der Waals surface area contributed by atoms with Gasteiger partial charge in [-0.1, -0.05) is 0 Å². The van der Waals surface area contributed by atoms with Gasteiger partial charge in [0.2, 0.25) is 5.88 Å². The topological polar surface area (TPSA) is 68.7 Å². The summed E-state index contributed by atoms with van der Waals surface area (Å²) in [5.41, 5.74) is -1.10.